The summed E-state index contributed by atoms with van der Waals surface area (Å²) in [5, 5.41) is 0. The summed E-state index contributed by atoms with van der Waals surface area (Å²) in [7, 11) is 0. The molecular weight excluding hydrogens is 300 g/mol. The van der Waals surface area contributed by atoms with Crippen LogP contribution in [0.25, 0.3) is 0 Å². The van der Waals surface area contributed by atoms with E-state index in [0.717, 1.165) is 0 Å². The summed E-state index contributed by atoms with van der Waals surface area (Å²) >= 11 is 0. The molecule has 0 aromatic carbocycles. The van der Waals surface area contributed by atoms with Gasteiger partial charge in [-0.2, -0.15) is 0 Å². The van der Waals surface area contributed by atoms with E-state index in [9.17, 15) is 0 Å². The lowest BCUT2D eigenvalue weighted by molar-refractivity contribution is 0.566. The van der Waals surface area contributed by atoms with Gasteiger partial charge < -0.3 is 0 Å². The maximum Gasteiger partial charge on any atom is -0.0348 e. The lowest BCUT2D eigenvalue weighted by Crippen LogP contribution is -1.80. The topological polar surface area (TPSA) is 0 Å². The number of hydrogen-bond acceptors (Lipinski definition) is 0. The van der Waals surface area contributed by atoms with Crippen LogP contribution in [0.1, 0.15) is 71.1 Å². The fourth-order valence-electron chi connectivity index (χ4n) is 2.39. The standard InChI is InChI=1S/C25H37/c1-3-5-7-9-11-13-15-17-19-21-23-25-24-22-20-18-16-14-12-10-8-6-4-2/h1,3,5,7,9,11,13,15,17,19,21,23-25H,4,6,8,10,12,14,16,18,20,22H2,2H3/b3-1?,7-5+,11-9+,15-13+,19-17+,23-21+,25-24+. The van der Waals surface area contributed by atoms with E-state index in [1.54, 1.807) is 6.08 Å². The van der Waals surface area contributed by atoms with Gasteiger partial charge in [0.15, 0.2) is 0 Å². The highest BCUT2D eigenvalue weighted by Gasteiger charge is 1.90. The Bertz CT molecular complexity index is 441. The molecule has 0 aliphatic carbocycles. The van der Waals surface area contributed by atoms with Crippen molar-refractivity contribution in [2.24, 2.45) is 0 Å². The SMILES string of the molecule is [CH]=C/C=C/C=C/C=C/C=C/C=C/C=C/CCCCCCCCCCC. The summed E-state index contributed by atoms with van der Waals surface area (Å²) in [5.41, 5.74) is 0. The molecule has 0 saturated heterocycles. The van der Waals surface area contributed by atoms with Crippen molar-refractivity contribution in [1.82, 2.24) is 0 Å². The van der Waals surface area contributed by atoms with Gasteiger partial charge in [0.25, 0.3) is 0 Å². The molecule has 137 valence electrons. The fraction of sp³-hybridized carbons (Fsp3) is 0.440. The largest absolute Gasteiger partial charge is 0.0845 e. The van der Waals surface area contributed by atoms with E-state index in [0.29, 0.717) is 0 Å². The molecule has 0 amide bonds. The predicted octanol–water partition coefficient (Wildman–Crippen LogP) is 8.23. The van der Waals surface area contributed by atoms with Crippen molar-refractivity contribution >= 4 is 0 Å². The lowest BCUT2D eigenvalue weighted by atomic mass is 10.1. The zero-order valence-corrected chi connectivity index (χ0v) is 16.2. The minimum atomic E-state index is 1.20. The van der Waals surface area contributed by atoms with Gasteiger partial charge in [0.05, 0.1) is 0 Å². The summed E-state index contributed by atoms with van der Waals surface area (Å²) in [6.45, 7) is 7.50. The van der Waals surface area contributed by atoms with Gasteiger partial charge in [-0.05, 0) is 12.8 Å². The van der Waals surface area contributed by atoms with E-state index >= 15 is 0 Å². The first-order valence-electron chi connectivity index (χ1n) is 9.95. The van der Waals surface area contributed by atoms with Crippen molar-refractivity contribution in [1.29, 1.82) is 0 Å². The van der Waals surface area contributed by atoms with Crippen molar-refractivity contribution in [2.75, 3.05) is 0 Å². The number of allylic oxidation sites excluding steroid dienone is 13. The Hall–Kier alpha value is -1.82. The maximum absolute atomic E-state index is 5.23. The number of rotatable bonds is 16. The minimum absolute atomic E-state index is 1.20. The van der Waals surface area contributed by atoms with Crippen molar-refractivity contribution in [3.8, 4) is 0 Å². The van der Waals surface area contributed by atoms with Gasteiger partial charge in [-0.15, -0.1) is 0 Å². The first kappa shape index (κ1) is 23.2. The van der Waals surface area contributed by atoms with Crippen molar-refractivity contribution < 1.29 is 0 Å². The van der Waals surface area contributed by atoms with Gasteiger partial charge in [-0.3, -0.25) is 0 Å². The molecule has 0 bridgehead atoms. The Morgan fingerprint density at radius 3 is 1.36 bits per heavy atom. The zero-order valence-electron chi connectivity index (χ0n) is 16.2. The Morgan fingerprint density at radius 1 is 0.480 bits per heavy atom. The van der Waals surface area contributed by atoms with Crippen molar-refractivity contribution in [3.05, 3.63) is 85.6 Å². The molecule has 0 unspecified atom stereocenters. The van der Waals surface area contributed by atoms with E-state index in [1.807, 2.05) is 42.5 Å². The minimum Gasteiger partial charge on any atom is -0.0845 e. The maximum atomic E-state index is 5.23. The van der Waals surface area contributed by atoms with Crippen LogP contribution in [-0.2, 0) is 0 Å². The second-order valence-electron chi connectivity index (χ2n) is 6.16. The highest BCUT2D eigenvalue weighted by Crippen LogP contribution is 2.10. The summed E-state index contributed by atoms with van der Waals surface area (Å²) in [6, 6.07) is 0. The van der Waals surface area contributed by atoms with Crippen LogP contribution in [0.3, 0.4) is 0 Å². The molecule has 0 aliphatic rings. The normalized spacial score (nSPS) is 13.0. The molecule has 0 N–H and O–H groups in total. The summed E-state index contributed by atoms with van der Waals surface area (Å²) in [5.74, 6) is 0. The van der Waals surface area contributed by atoms with E-state index in [1.165, 1.54) is 70.3 Å². The van der Waals surface area contributed by atoms with Gasteiger partial charge in [0.1, 0.15) is 0 Å². The fourth-order valence-corrected chi connectivity index (χ4v) is 2.39. The van der Waals surface area contributed by atoms with Crippen LogP contribution in [0.5, 0.6) is 0 Å². The highest BCUT2D eigenvalue weighted by molar-refractivity contribution is 5.20. The van der Waals surface area contributed by atoms with Gasteiger partial charge in [-0.1, -0.05) is 144 Å². The molecule has 25 heavy (non-hydrogen) atoms. The lowest BCUT2D eigenvalue weighted by Gasteiger charge is -2.00. The summed E-state index contributed by atoms with van der Waals surface area (Å²) in [4.78, 5) is 0. The summed E-state index contributed by atoms with van der Waals surface area (Å²) < 4.78 is 0. The molecule has 0 rings (SSSR count). The van der Waals surface area contributed by atoms with Crippen LogP contribution in [0.4, 0.5) is 0 Å². The van der Waals surface area contributed by atoms with Gasteiger partial charge in [0, 0.05) is 0 Å². The first-order valence-corrected chi connectivity index (χ1v) is 9.95. The van der Waals surface area contributed by atoms with E-state index in [-0.39, 0.29) is 0 Å². The Labute approximate surface area is 157 Å². The molecular formula is C25H37. The number of unbranched alkanes of at least 4 members (excludes halogenated alkanes) is 9. The van der Waals surface area contributed by atoms with Crippen LogP contribution in [0.2, 0.25) is 0 Å². The zero-order chi connectivity index (χ0) is 18.3. The predicted molar refractivity (Wildman–Crippen MR) is 116 cm³/mol. The molecule has 0 aromatic heterocycles. The first-order chi connectivity index (χ1) is 12.4. The Morgan fingerprint density at radius 2 is 0.880 bits per heavy atom. The average molecular weight is 338 g/mol. The Kier molecular flexibility index (Phi) is 20.6. The Balaban J connectivity index is 3.46. The van der Waals surface area contributed by atoms with Gasteiger partial charge in [0.2, 0.25) is 0 Å². The molecule has 0 heteroatoms. The molecule has 0 atom stereocenters. The molecule has 0 aliphatic heterocycles. The quantitative estimate of drug-likeness (QED) is 0.196. The van der Waals surface area contributed by atoms with Crippen LogP contribution < -0.4 is 0 Å². The van der Waals surface area contributed by atoms with Crippen LogP contribution in [-0.4, -0.2) is 0 Å². The molecule has 0 heterocycles. The van der Waals surface area contributed by atoms with E-state index < -0.39 is 0 Å². The molecule has 0 fully saturated rings. The van der Waals surface area contributed by atoms with Crippen LogP contribution >= 0.6 is 0 Å². The third kappa shape index (κ3) is 22.2. The van der Waals surface area contributed by atoms with Crippen molar-refractivity contribution in [3.63, 3.8) is 0 Å². The third-order valence-corrected chi connectivity index (χ3v) is 3.83. The van der Waals surface area contributed by atoms with Crippen LogP contribution in [0.15, 0.2) is 79.0 Å². The second kappa shape index (κ2) is 22.2. The van der Waals surface area contributed by atoms with Crippen molar-refractivity contribution in [2.45, 2.75) is 71.1 Å². The molecule has 0 aromatic rings. The van der Waals surface area contributed by atoms with E-state index in [2.05, 4.69) is 31.2 Å². The second-order valence-corrected chi connectivity index (χ2v) is 6.16. The molecule has 0 saturated carbocycles. The van der Waals surface area contributed by atoms with E-state index in [4.69, 9.17) is 6.58 Å². The molecule has 1 radical (unpaired) electrons. The highest BCUT2D eigenvalue weighted by atomic mass is 14.0. The molecule has 0 spiro atoms. The average Bonchev–Trinajstić information content (AvgIpc) is 2.63. The monoisotopic (exact) mass is 337 g/mol. The molecule has 0 nitrogen and oxygen atoms in total. The smallest absolute Gasteiger partial charge is 0.0348 e. The third-order valence-electron chi connectivity index (χ3n) is 3.83. The van der Waals surface area contributed by atoms with Gasteiger partial charge >= 0.3 is 0 Å². The van der Waals surface area contributed by atoms with Gasteiger partial charge in [-0.25, -0.2) is 0 Å². The summed E-state index contributed by atoms with van der Waals surface area (Å²) in [6.07, 6.45) is 39.5. The number of hydrogen-bond donors (Lipinski definition) is 0. The van der Waals surface area contributed by atoms with Crippen LogP contribution in [0, 0.1) is 6.58 Å².